The molecule has 0 aliphatic carbocycles. The molecule has 3 aromatic rings. The lowest BCUT2D eigenvalue weighted by Gasteiger charge is -2.11. The number of halogens is 2. The average molecular weight is 432 g/mol. The number of methoxy groups -OCH3 is 1. The molecule has 0 unspecified atom stereocenters. The van der Waals surface area contributed by atoms with Gasteiger partial charge in [0.05, 0.1) is 22.7 Å². The van der Waals surface area contributed by atoms with Gasteiger partial charge in [-0.1, -0.05) is 29.3 Å². The predicted molar refractivity (Wildman–Crippen MR) is 113 cm³/mol. The zero-order valence-corrected chi connectivity index (χ0v) is 17.7. The molecule has 7 heteroatoms. The molecule has 1 aromatic heterocycles. The summed E-state index contributed by atoms with van der Waals surface area (Å²) in [6.07, 6.45) is 0. The minimum absolute atomic E-state index is 0.0485. The van der Waals surface area contributed by atoms with Crippen molar-refractivity contribution < 1.29 is 19.1 Å². The van der Waals surface area contributed by atoms with E-state index in [1.54, 1.807) is 19.2 Å². The molecule has 0 aliphatic heterocycles. The zero-order valence-electron chi connectivity index (χ0n) is 16.2. The number of esters is 1. The van der Waals surface area contributed by atoms with Crippen molar-refractivity contribution >= 4 is 35.0 Å². The molecule has 0 saturated carbocycles. The molecule has 1 heterocycles. The van der Waals surface area contributed by atoms with Crippen LogP contribution in [-0.4, -0.2) is 30.0 Å². The second kappa shape index (κ2) is 8.72. The molecule has 0 radical (unpaired) electrons. The van der Waals surface area contributed by atoms with Crippen molar-refractivity contribution in [3.8, 4) is 11.4 Å². The number of aryl methyl sites for hydroxylation is 1. The van der Waals surface area contributed by atoms with E-state index in [4.69, 9.17) is 32.7 Å². The van der Waals surface area contributed by atoms with Crippen molar-refractivity contribution in [2.24, 2.45) is 0 Å². The highest BCUT2D eigenvalue weighted by molar-refractivity contribution is 6.39. The van der Waals surface area contributed by atoms with E-state index >= 15 is 0 Å². The maximum atomic E-state index is 12.7. The van der Waals surface area contributed by atoms with Gasteiger partial charge in [0.2, 0.25) is 5.78 Å². The van der Waals surface area contributed by atoms with Gasteiger partial charge in [-0.15, -0.1) is 0 Å². The molecule has 29 heavy (non-hydrogen) atoms. The number of rotatable bonds is 6. The molecule has 5 nitrogen and oxygen atoms in total. The number of nitrogens with zero attached hydrogens (tertiary/aromatic N) is 1. The summed E-state index contributed by atoms with van der Waals surface area (Å²) in [5.41, 5.74) is 3.07. The lowest BCUT2D eigenvalue weighted by atomic mass is 10.1. The number of ketones is 1. The van der Waals surface area contributed by atoms with Gasteiger partial charge >= 0.3 is 5.97 Å². The molecule has 0 bridgehead atoms. The monoisotopic (exact) mass is 431 g/mol. The molecule has 0 aliphatic rings. The van der Waals surface area contributed by atoms with Gasteiger partial charge in [0.25, 0.3) is 0 Å². The summed E-state index contributed by atoms with van der Waals surface area (Å²) in [6.45, 7) is 3.34. The van der Waals surface area contributed by atoms with Gasteiger partial charge < -0.3 is 14.0 Å². The second-order valence-electron chi connectivity index (χ2n) is 6.41. The quantitative estimate of drug-likeness (QED) is 0.384. The Kier molecular flexibility index (Phi) is 6.30. The summed E-state index contributed by atoms with van der Waals surface area (Å²) in [7, 11) is 1.61. The number of Topliss-reactive ketones (excluding diaryl/α,β-unsaturated/α-hetero) is 1. The smallest absolute Gasteiger partial charge is 0.341 e. The highest BCUT2D eigenvalue weighted by atomic mass is 35.5. The van der Waals surface area contributed by atoms with Crippen molar-refractivity contribution in [1.82, 2.24) is 4.57 Å². The molecular weight excluding hydrogens is 413 g/mol. The Morgan fingerprint density at radius 3 is 2.21 bits per heavy atom. The Morgan fingerprint density at radius 2 is 1.62 bits per heavy atom. The minimum Gasteiger partial charge on any atom is -0.497 e. The number of aromatic nitrogens is 1. The van der Waals surface area contributed by atoms with E-state index in [1.165, 1.54) is 12.1 Å². The van der Waals surface area contributed by atoms with Gasteiger partial charge in [-0.25, -0.2) is 4.79 Å². The van der Waals surface area contributed by atoms with Crippen LogP contribution in [0.2, 0.25) is 10.0 Å². The SMILES string of the molecule is COc1ccc(-n2c(C)cc(C(=O)COC(=O)c3c(Cl)cccc3Cl)c2C)cc1. The molecule has 0 atom stereocenters. The van der Waals surface area contributed by atoms with E-state index in [-0.39, 0.29) is 21.4 Å². The highest BCUT2D eigenvalue weighted by Crippen LogP contribution is 2.26. The van der Waals surface area contributed by atoms with E-state index in [9.17, 15) is 9.59 Å². The summed E-state index contributed by atoms with van der Waals surface area (Å²) >= 11 is 12.0. The fourth-order valence-corrected chi connectivity index (χ4v) is 3.70. The zero-order chi connectivity index (χ0) is 21.1. The van der Waals surface area contributed by atoms with Gasteiger partial charge in [-0.2, -0.15) is 0 Å². The number of benzene rings is 2. The van der Waals surface area contributed by atoms with Crippen LogP contribution in [0, 0.1) is 13.8 Å². The standard InChI is InChI=1S/C22H19Cl2NO4/c1-13-11-17(14(2)25(13)15-7-9-16(28-3)10-8-15)20(26)12-29-22(27)21-18(23)5-4-6-19(21)24/h4-11H,12H2,1-3H3. The van der Waals surface area contributed by atoms with Crippen LogP contribution in [0.1, 0.15) is 32.1 Å². The van der Waals surface area contributed by atoms with Gasteiger partial charge in [0, 0.05) is 22.6 Å². The van der Waals surface area contributed by atoms with Gasteiger partial charge in [0.15, 0.2) is 6.61 Å². The number of ether oxygens (including phenoxy) is 2. The molecule has 0 fully saturated rings. The molecule has 0 amide bonds. The Bertz CT molecular complexity index is 1050. The van der Waals surface area contributed by atoms with Gasteiger partial charge in [-0.3, -0.25) is 4.79 Å². The molecule has 0 saturated heterocycles. The third kappa shape index (κ3) is 4.31. The molecule has 0 N–H and O–H groups in total. The third-order valence-corrected chi connectivity index (χ3v) is 5.19. The molecular formula is C22H19Cl2NO4. The largest absolute Gasteiger partial charge is 0.497 e. The molecule has 0 spiro atoms. The van der Waals surface area contributed by atoms with Crippen LogP contribution in [-0.2, 0) is 4.74 Å². The first-order valence-electron chi connectivity index (χ1n) is 8.81. The van der Waals surface area contributed by atoms with Crippen LogP contribution in [0.15, 0.2) is 48.5 Å². The Balaban J connectivity index is 1.79. The topological polar surface area (TPSA) is 57.5 Å². The normalized spacial score (nSPS) is 10.7. The van der Waals surface area contributed by atoms with Crippen LogP contribution in [0.3, 0.4) is 0 Å². The fraction of sp³-hybridized carbons (Fsp3) is 0.182. The van der Waals surface area contributed by atoms with E-state index in [1.807, 2.05) is 42.7 Å². The lowest BCUT2D eigenvalue weighted by Crippen LogP contribution is -2.15. The summed E-state index contributed by atoms with van der Waals surface area (Å²) in [5.74, 6) is -0.301. The summed E-state index contributed by atoms with van der Waals surface area (Å²) < 4.78 is 12.3. The van der Waals surface area contributed by atoms with Crippen molar-refractivity contribution in [1.29, 1.82) is 0 Å². The highest BCUT2D eigenvalue weighted by Gasteiger charge is 2.21. The first kappa shape index (κ1) is 21.0. The first-order valence-corrected chi connectivity index (χ1v) is 9.56. The predicted octanol–water partition coefficient (Wildman–Crippen LogP) is 5.45. The average Bonchev–Trinajstić information content (AvgIpc) is 3.00. The Labute approximate surface area is 178 Å². The van der Waals surface area contributed by atoms with Gasteiger partial charge in [-0.05, 0) is 56.3 Å². The number of hydrogen-bond donors (Lipinski definition) is 0. The van der Waals surface area contributed by atoms with E-state index in [2.05, 4.69) is 0 Å². The van der Waals surface area contributed by atoms with Gasteiger partial charge in [0.1, 0.15) is 5.75 Å². The summed E-state index contributed by atoms with van der Waals surface area (Å²) in [4.78, 5) is 25.0. The second-order valence-corrected chi connectivity index (χ2v) is 7.23. The molecule has 3 rings (SSSR count). The maximum absolute atomic E-state index is 12.7. The van der Waals surface area contributed by atoms with Crippen LogP contribution >= 0.6 is 23.2 Å². The third-order valence-electron chi connectivity index (χ3n) is 4.56. The van der Waals surface area contributed by atoms with Crippen LogP contribution in [0.4, 0.5) is 0 Å². The van der Waals surface area contributed by atoms with E-state index in [0.29, 0.717) is 5.56 Å². The summed E-state index contributed by atoms with van der Waals surface area (Å²) in [5, 5.41) is 0.347. The number of carbonyl (C=O) groups excluding carboxylic acids is 2. The van der Waals surface area contributed by atoms with Crippen molar-refractivity contribution in [3.63, 3.8) is 0 Å². The molecule has 150 valence electrons. The Morgan fingerprint density at radius 1 is 1.00 bits per heavy atom. The van der Waals surface area contributed by atoms with E-state index in [0.717, 1.165) is 22.8 Å². The van der Waals surface area contributed by atoms with E-state index < -0.39 is 12.6 Å². The molecule has 2 aromatic carbocycles. The minimum atomic E-state index is -0.738. The summed E-state index contributed by atoms with van der Waals surface area (Å²) in [6, 6.07) is 14.0. The Hall–Kier alpha value is -2.76. The first-order chi connectivity index (χ1) is 13.8. The maximum Gasteiger partial charge on any atom is 0.341 e. The van der Waals surface area contributed by atoms with Crippen LogP contribution < -0.4 is 4.74 Å². The number of hydrogen-bond acceptors (Lipinski definition) is 4. The van der Waals surface area contributed by atoms with Crippen molar-refractivity contribution in [3.05, 3.63) is 81.1 Å². The van der Waals surface area contributed by atoms with Crippen LogP contribution in [0.25, 0.3) is 5.69 Å². The fourth-order valence-electron chi connectivity index (χ4n) is 3.15. The van der Waals surface area contributed by atoms with Crippen molar-refractivity contribution in [2.75, 3.05) is 13.7 Å². The van der Waals surface area contributed by atoms with Crippen molar-refractivity contribution in [2.45, 2.75) is 13.8 Å². The number of carbonyl (C=O) groups is 2. The van der Waals surface area contributed by atoms with Crippen LogP contribution in [0.5, 0.6) is 5.75 Å². The lowest BCUT2D eigenvalue weighted by molar-refractivity contribution is 0.0475.